The Morgan fingerprint density at radius 2 is 1.85 bits per heavy atom. The molecule has 8 heteroatoms. The van der Waals surface area contributed by atoms with E-state index in [1.165, 1.54) is 7.11 Å². The van der Waals surface area contributed by atoms with Crippen LogP contribution < -0.4 is 0 Å². The fourth-order valence-electron chi connectivity index (χ4n) is 4.30. The van der Waals surface area contributed by atoms with E-state index in [0.29, 0.717) is 36.8 Å². The number of ether oxygens (including phenoxy) is 2. The van der Waals surface area contributed by atoms with Crippen LogP contribution in [0.5, 0.6) is 0 Å². The van der Waals surface area contributed by atoms with Gasteiger partial charge in [0, 0.05) is 43.0 Å². The molecule has 1 aliphatic carbocycles. The van der Waals surface area contributed by atoms with E-state index in [2.05, 4.69) is 4.90 Å². The van der Waals surface area contributed by atoms with Gasteiger partial charge in [-0.05, 0) is 56.2 Å². The quantitative estimate of drug-likeness (QED) is 0.607. The molecule has 4 rings (SSSR count). The third-order valence-corrected chi connectivity index (χ3v) is 6.00. The number of hydrogen-bond acceptors (Lipinski definition) is 6. The molecular formula is C25H28ClN3O4. The zero-order valence-corrected chi connectivity index (χ0v) is 20.1. The topological polar surface area (TPSA) is 72.0 Å². The van der Waals surface area contributed by atoms with Crippen LogP contribution in [0.1, 0.15) is 49.2 Å². The molecule has 33 heavy (non-hydrogen) atoms. The highest BCUT2D eigenvalue weighted by atomic mass is 35.5. The van der Waals surface area contributed by atoms with Crippen LogP contribution in [0, 0.1) is 0 Å². The van der Waals surface area contributed by atoms with Crippen LogP contribution in [0.15, 0.2) is 36.5 Å². The maximum absolute atomic E-state index is 12.7. The first kappa shape index (κ1) is 23.3. The fraction of sp³-hybridized carbons (Fsp3) is 0.400. The minimum Gasteiger partial charge on any atom is -0.465 e. The largest absolute Gasteiger partial charge is 0.465 e. The zero-order valence-electron chi connectivity index (χ0n) is 19.3. The van der Waals surface area contributed by atoms with Crippen molar-refractivity contribution in [3.8, 4) is 0 Å². The van der Waals surface area contributed by atoms with E-state index in [4.69, 9.17) is 26.1 Å². The summed E-state index contributed by atoms with van der Waals surface area (Å²) in [6, 6.07) is 9.20. The Hall–Kier alpha value is -2.90. The molecule has 174 valence electrons. The van der Waals surface area contributed by atoms with Gasteiger partial charge in [-0.25, -0.2) is 9.59 Å². The number of amides is 1. The molecule has 1 saturated heterocycles. The van der Waals surface area contributed by atoms with E-state index in [0.717, 1.165) is 22.4 Å². The van der Waals surface area contributed by atoms with Crippen molar-refractivity contribution in [2.45, 2.75) is 32.4 Å². The van der Waals surface area contributed by atoms with Gasteiger partial charge in [-0.15, -0.1) is 0 Å². The third kappa shape index (κ3) is 4.89. The molecule has 2 aromatic rings. The second-order valence-corrected chi connectivity index (χ2v) is 9.60. The number of halogens is 1. The van der Waals surface area contributed by atoms with Gasteiger partial charge in [-0.1, -0.05) is 23.7 Å². The number of rotatable bonds is 2. The van der Waals surface area contributed by atoms with Crippen molar-refractivity contribution in [2.24, 2.45) is 0 Å². The van der Waals surface area contributed by atoms with Gasteiger partial charge in [0.2, 0.25) is 0 Å². The average Bonchev–Trinajstić information content (AvgIpc) is 2.92. The molecule has 1 aliphatic heterocycles. The Balaban J connectivity index is 1.70. The lowest BCUT2D eigenvalue weighted by atomic mass is 9.95. The highest BCUT2D eigenvalue weighted by Crippen LogP contribution is 2.40. The SMILES string of the molecule is COC(=O)C1=Cc2cc(Cl)ccc2C(N2CCN(C(=O)OC(C)(C)C)CC2)c2ncccc21. The lowest BCUT2D eigenvalue weighted by molar-refractivity contribution is -0.133. The van der Waals surface area contributed by atoms with Crippen LogP contribution in [-0.4, -0.2) is 65.7 Å². The van der Waals surface area contributed by atoms with Crippen LogP contribution in [0.2, 0.25) is 5.02 Å². The molecule has 1 unspecified atom stereocenters. The van der Waals surface area contributed by atoms with Gasteiger partial charge >= 0.3 is 12.1 Å². The van der Waals surface area contributed by atoms with E-state index in [9.17, 15) is 9.59 Å². The summed E-state index contributed by atoms with van der Waals surface area (Å²) in [6.45, 7) is 7.93. The van der Waals surface area contributed by atoms with Crippen molar-refractivity contribution in [3.05, 3.63) is 63.9 Å². The maximum atomic E-state index is 12.7. The van der Waals surface area contributed by atoms with Crippen molar-refractivity contribution in [1.82, 2.24) is 14.8 Å². The first-order valence-corrected chi connectivity index (χ1v) is 11.3. The molecule has 1 aromatic carbocycles. The summed E-state index contributed by atoms with van der Waals surface area (Å²) in [7, 11) is 1.37. The molecule has 2 heterocycles. The number of carbonyl (C=O) groups excluding carboxylic acids is 2. The molecule has 7 nitrogen and oxygen atoms in total. The number of piperazine rings is 1. The van der Waals surface area contributed by atoms with E-state index >= 15 is 0 Å². The van der Waals surface area contributed by atoms with Gasteiger partial charge in [-0.3, -0.25) is 9.88 Å². The fourth-order valence-corrected chi connectivity index (χ4v) is 4.48. The summed E-state index contributed by atoms with van der Waals surface area (Å²) in [6.07, 6.45) is 3.26. The molecule has 2 aliphatic rings. The van der Waals surface area contributed by atoms with E-state index in [1.54, 1.807) is 11.1 Å². The molecule has 0 saturated carbocycles. The molecule has 1 aromatic heterocycles. The molecular weight excluding hydrogens is 442 g/mol. The first-order chi connectivity index (χ1) is 15.7. The number of pyridine rings is 1. The number of carbonyl (C=O) groups is 2. The number of nitrogens with zero attached hydrogens (tertiary/aromatic N) is 3. The highest BCUT2D eigenvalue weighted by molar-refractivity contribution is 6.31. The highest BCUT2D eigenvalue weighted by Gasteiger charge is 2.35. The van der Waals surface area contributed by atoms with Crippen molar-refractivity contribution in [2.75, 3.05) is 33.3 Å². The number of esters is 1. The van der Waals surface area contributed by atoms with Crippen molar-refractivity contribution in [1.29, 1.82) is 0 Å². The third-order valence-electron chi connectivity index (χ3n) is 5.77. The summed E-state index contributed by atoms with van der Waals surface area (Å²) >= 11 is 6.31. The molecule has 1 atom stereocenters. The van der Waals surface area contributed by atoms with Gasteiger partial charge < -0.3 is 14.4 Å². The Kier molecular flexibility index (Phi) is 6.45. The first-order valence-electron chi connectivity index (χ1n) is 10.9. The number of methoxy groups -OCH3 is 1. The van der Waals surface area contributed by atoms with Gasteiger partial charge in [0.1, 0.15) is 5.60 Å². The summed E-state index contributed by atoms with van der Waals surface area (Å²) in [5.74, 6) is -0.425. The second kappa shape index (κ2) is 9.15. The standard InChI is InChI=1S/C25H28ClN3O4/c1-25(2,3)33-24(31)29-12-10-28(11-13-29)22-18-8-7-17(26)14-16(18)15-20(23(30)32-4)19-6-5-9-27-21(19)22/h5-9,14-15,22H,10-13H2,1-4H3. The molecule has 1 amide bonds. The number of benzene rings is 1. The van der Waals surface area contributed by atoms with Crippen LogP contribution >= 0.6 is 11.6 Å². The van der Waals surface area contributed by atoms with Crippen molar-refractivity contribution >= 4 is 35.3 Å². The van der Waals surface area contributed by atoms with Crippen LogP contribution in [0.25, 0.3) is 11.6 Å². The molecule has 0 spiro atoms. The summed E-state index contributed by atoms with van der Waals surface area (Å²) in [4.78, 5) is 33.9. The molecule has 0 bridgehead atoms. The molecule has 0 N–H and O–H groups in total. The minimum absolute atomic E-state index is 0.201. The number of aromatic nitrogens is 1. The average molecular weight is 470 g/mol. The van der Waals surface area contributed by atoms with Crippen LogP contribution in [-0.2, 0) is 14.3 Å². The number of hydrogen-bond donors (Lipinski definition) is 0. The zero-order chi connectivity index (χ0) is 23.8. The van der Waals surface area contributed by atoms with Crippen LogP contribution in [0.3, 0.4) is 0 Å². The van der Waals surface area contributed by atoms with Gasteiger partial charge in [0.25, 0.3) is 0 Å². The molecule has 0 radical (unpaired) electrons. The lowest BCUT2D eigenvalue weighted by Crippen LogP contribution is -2.51. The Bertz CT molecular complexity index is 1100. The van der Waals surface area contributed by atoms with Crippen molar-refractivity contribution in [3.63, 3.8) is 0 Å². The van der Waals surface area contributed by atoms with Gasteiger partial charge in [0.15, 0.2) is 0 Å². The van der Waals surface area contributed by atoms with Crippen molar-refractivity contribution < 1.29 is 19.1 Å². The van der Waals surface area contributed by atoms with E-state index in [-0.39, 0.29) is 12.1 Å². The minimum atomic E-state index is -0.535. The number of fused-ring (bicyclic) bond motifs is 2. The summed E-state index contributed by atoms with van der Waals surface area (Å²) < 4.78 is 10.6. The van der Waals surface area contributed by atoms with Gasteiger partial charge in [0.05, 0.1) is 24.4 Å². The van der Waals surface area contributed by atoms with E-state index in [1.807, 2.05) is 57.2 Å². The lowest BCUT2D eigenvalue weighted by Gasteiger charge is -2.40. The normalized spacial score (nSPS) is 18.5. The summed E-state index contributed by atoms with van der Waals surface area (Å²) in [5, 5.41) is 0.585. The van der Waals surface area contributed by atoms with E-state index < -0.39 is 11.6 Å². The van der Waals surface area contributed by atoms with Gasteiger partial charge in [-0.2, -0.15) is 0 Å². The van der Waals surface area contributed by atoms with Crippen LogP contribution in [0.4, 0.5) is 4.79 Å². The maximum Gasteiger partial charge on any atom is 0.410 e. The second-order valence-electron chi connectivity index (χ2n) is 9.16. The molecule has 1 fully saturated rings. The predicted octanol–water partition coefficient (Wildman–Crippen LogP) is 4.40. The predicted molar refractivity (Wildman–Crippen MR) is 127 cm³/mol. The summed E-state index contributed by atoms with van der Waals surface area (Å²) in [5.41, 5.74) is 3.27. The Morgan fingerprint density at radius 1 is 1.12 bits per heavy atom. The monoisotopic (exact) mass is 469 g/mol. The Labute approximate surface area is 198 Å². The Morgan fingerprint density at radius 3 is 2.52 bits per heavy atom. The smallest absolute Gasteiger partial charge is 0.410 e.